The lowest BCUT2D eigenvalue weighted by molar-refractivity contribution is 0.455. The van der Waals surface area contributed by atoms with Crippen LogP contribution in [0.4, 0.5) is 5.69 Å². The summed E-state index contributed by atoms with van der Waals surface area (Å²) in [5.74, 6) is -0.100. The molecule has 0 fully saturated rings. The number of nitrogens with zero attached hydrogens (tertiary/aromatic N) is 1. The van der Waals surface area contributed by atoms with Crippen LogP contribution in [0.5, 0.6) is 5.88 Å². The minimum Gasteiger partial charge on any atom is -0.493 e. The summed E-state index contributed by atoms with van der Waals surface area (Å²) in [4.78, 5) is 18.0. The van der Waals surface area contributed by atoms with E-state index in [2.05, 4.69) is 25.9 Å². The number of fused-ring (bicyclic) bond motifs is 1. The number of benzene rings is 1. The van der Waals surface area contributed by atoms with Gasteiger partial charge in [0.25, 0.3) is 0 Å². The van der Waals surface area contributed by atoms with Crippen LogP contribution in [0, 0.1) is 0 Å². The molecule has 3 rings (SSSR count). The lowest BCUT2D eigenvalue weighted by Crippen LogP contribution is -1.89. The van der Waals surface area contributed by atoms with Gasteiger partial charge in [-0.25, -0.2) is 0 Å². The van der Waals surface area contributed by atoms with Crippen molar-refractivity contribution >= 4 is 50.8 Å². The summed E-state index contributed by atoms with van der Waals surface area (Å²) in [6.45, 7) is 0. The van der Waals surface area contributed by atoms with E-state index < -0.39 is 0 Å². The minimum absolute atomic E-state index is 0.100. The van der Waals surface area contributed by atoms with Crippen LogP contribution >= 0.6 is 27.3 Å². The molecule has 90 valence electrons. The normalized spacial score (nSPS) is 15.3. The van der Waals surface area contributed by atoms with Crippen LogP contribution < -0.4 is 4.87 Å². The van der Waals surface area contributed by atoms with Gasteiger partial charge >= 0.3 is 4.87 Å². The van der Waals surface area contributed by atoms with Crippen LogP contribution in [0.15, 0.2) is 32.5 Å². The lowest BCUT2D eigenvalue weighted by atomic mass is 10.1. The highest BCUT2D eigenvalue weighted by Crippen LogP contribution is 2.35. The van der Waals surface area contributed by atoms with Gasteiger partial charge in [-0.05, 0) is 18.2 Å². The largest absolute Gasteiger partial charge is 0.493 e. The highest BCUT2D eigenvalue weighted by Gasteiger charge is 2.14. The third-order valence-electron chi connectivity index (χ3n) is 2.56. The zero-order chi connectivity index (χ0) is 12.7. The molecule has 1 aromatic carbocycles. The fraction of sp³-hybridized carbons (Fsp3) is 0. The van der Waals surface area contributed by atoms with E-state index in [-0.39, 0.29) is 10.8 Å². The maximum atomic E-state index is 11.1. The summed E-state index contributed by atoms with van der Waals surface area (Å²) >= 11 is 4.36. The van der Waals surface area contributed by atoms with Crippen LogP contribution in [-0.4, -0.2) is 16.3 Å². The van der Waals surface area contributed by atoms with Gasteiger partial charge in [0.05, 0.1) is 10.6 Å². The van der Waals surface area contributed by atoms with Crippen molar-refractivity contribution in [3.05, 3.63) is 42.8 Å². The molecule has 0 bridgehead atoms. The average Bonchev–Trinajstić information content (AvgIpc) is 2.84. The molecular weight excluding hydrogens is 316 g/mol. The van der Waals surface area contributed by atoms with Crippen molar-refractivity contribution in [2.24, 2.45) is 4.99 Å². The van der Waals surface area contributed by atoms with Crippen molar-refractivity contribution < 1.29 is 5.11 Å². The molecule has 1 aliphatic rings. The van der Waals surface area contributed by atoms with Gasteiger partial charge in [-0.15, -0.1) is 0 Å². The van der Waals surface area contributed by atoms with Crippen LogP contribution in [0.25, 0.3) is 11.6 Å². The number of nitrogens with one attached hydrogen (secondary N) is 1. The van der Waals surface area contributed by atoms with E-state index in [1.54, 1.807) is 12.3 Å². The van der Waals surface area contributed by atoms with E-state index in [0.717, 1.165) is 32.6 Å². The van der Waals surface area contributed by atoms with Crippen molar-refractivity contribution in [2.45, 2.75) is 0 Å². The first-order valence-electron chi connectivity index (χ1n) is 5.11. The Balaban J connectivity index is 2.09. The number of aromatic nitrogens is 1. The molecule has 0 aliphatic carbocycles. The number of hydrogen-bond acceptors (Lipinski definition) is 4. The van der Waals surface area contributed by atoms with Crippen LogP contribution in [0.3, 0.4) is 0 Å². The first-order chi connectivity index (χ1) is 8.63. The predicted octanol–water partition coefficient (Wildman–Crippen LogP) is 3.16. The Morgan fingerprint density at radius 3 is 3.00 bits per heavy atom. The number of aromatic amines is 1. The van der Waals surface area contributed by atoms with Gasteiger partial charge < -0.3 is 5.11 Å². The average molecular weight is 323 g/mol. The first-order valence-corrected chi connectivity index (χ1v) is 6.72. The van der Waals surface area contributed by atoms with Crippen molar-refractivity contribution in [3.63, 3.8) is 0 Å². The number of aliphatic imine (C=N–C) groups is 1. The van der Waals surface area contributed by atoms with Crippen molar-refractivity contribution in [2.75, 3.05) is 0 Å². The lowest BCUT2D eigenvalue weighted by Gasteiger charge is -1.99. The molecule has 6 heteroatoms. The van der Waals surface area contributed by atoms with Gasteiger partial charge in [-0.2, -0.15) is 0 Å². The number of aromatic hydroxyl groups is 1. The van der Waals surface area contributed by atoms with Crippen LogP contribution in [0.1, 0.15) is 10.4 Å². The van der Waals surface area contributed by atoms with Crippen LogP contribution in [-0.2, 0) is 0 Å². The molecule has 0 amide bonds. The third kappa shape index (κ3) is 1.93. The molecule has 2 heterocycles. The van der Waals surface area contributed by atoms with Gasteiger partial charge in [0, 0.05) is 21.8 Å². The van der Waals surface area contributed by atoms with E-state index in [9.17, 15) is 9.90 Å². The van der Waals surface area contributed by atoms with Gasteiger partial charge in [0.2, 0.25) is 5.88 Å². The van der Waals surface area contributed by atoms with Crippen molar-refractivity contribution in [3.8, 4) is 5.88 Å². The van der Waals surface area contributed by atoms with Gasteiger partial charge in [-0.1, -0.05) is 33.3 Å². The van der Waals surface area contributed by atoms with E-state index in [4.69, 9.17) is 0 Å². The maximum Gasteiger partial charge on any atom is 0.307 e. The summed E-state index contributed by atoms with van der Waals surface area (Å²) in [5, 5.41) is 9.54. The third-order valence-corrected chi connectivity index (χ3v) is 3.87. The maximum absolute atomic E-state index is 11.1. The first kappa shape index (κ1) is 11.4. The Morgan fingerprint density at radius 1 is 1.44 bits per heavy atom. The van der Waals surface area contributed by atoms with Crippen molar-refractivity contribution in [1.29, 1.82) is 0 Å². The zero-order valence-electron chi connectivity index (χ0n) is 8.98. The minimum atomic E-state index is -0.273. The number of hydrogen-bond donors (Lipinski definition) is 2. The number of thiazole rings is 1. The molecule has 18 heavy (non-hydrogen) atoms. The van der Waals surface area contributed by atoms with Crippen LogP contribution in [0.2, 0.25) is 0 Å². The monoisotopic (exact) mass is 322 g/mol. The molecule has 1 aromatic heterocycles. The second-order valence-electron chi connectivity index (χ2n) is 3.75. The molecule has 0 radical (unpaired) electrons. The molecule has 0 unspecified atom stereocenters. The molecule has 0 spiro atoms. The molecular formula is C12H7BrN2O2S. The summed E-state index contributed by atoms with van der Waals surface area (Å²) < 4.78 is 0.966. The Labute approximate surface area is 114 Å². The fourth-order valence-electron chi connectivity index (χ4n) is 1.75. The van der Waals surface area contributed by atoms with E-state index in [0.29, 0.717) is 4.88 Å². The topological polar surface area (TPSA) is 65.5 Å². The predicted molar refractivity (Wildman–Crippen MR) is 76.8 cm³/mol. The van der Waals surface area contributed by atoms with E-state index >= 15 is 0 Å². The van der Waals surface area contributed by atoms with E-state index in [1.807, 2.05) is 18.2 Å². The second kappa shape index (κ2) is 4.22. The number of allylic oxidation sites excluding steroid dienone is 1. The highest BCUT2D eigenvalue weighted by molar-refractivity contribution is 9.10. The SMILES string of the molecule is O=c1[nH]c(O)c(C=C2C=Nc3cc(Br)ccc32)s1. The standard InChI is InChI=1S/C12H7BrN2O2S/c13-7-1-2-8-6(5-14-9(8)4-7)3-10-11(16)15-12(17)18-10/h1-5,16H,(H,15,17). The number of rotatable bonds is 1. The summed E-state index contributed by atoms with van der Waals surface area (Å²) in [7, 11) is 0. The molecule has 0 saturated heterocycles. The molecule has 1 aliphatic heterocycles. The Bertz CT molecular complexity index is 743. The quantitative estimate of drug-likeness (QED) is 0.847. The van der Waals surface area contributed by atoms with Crippen molar-refractivity contribution in [1.82, 2.24) is 4.98 Å². The number of H-pyrrole nitrogens is 1. The van der Waals surface area contributed by atoms with E-state index in [1.165, 1.54) is 0 Å². The molecule has 0 saturated carbocycles. The fourth-order valence-corrected chi connectivity index (χ4v) is 2.78. The molecule has 0 atom stereocenters. The smallest absolute Gasteiger partial charge is 0.307 e. The molecule has 2 aromatic rings. The Morgan fingerprint density at radius 2 is 2.28 bits per heavy atom. The summed E-state index contributed by atoms with van der Waals surface area (Å²) in [6, 6.07) is 5.80. The van der Waals surface area contributed by atoms with Gasteiger partial charge in [-0.3, -0.25) is 14.8 Å². The molecule has 4 nitrogen and oxygen atoms in total. The Hall–Kier alpha value is -1.66. The van der Waals surface area contributed by atoms with Gasteiger partial charge in [0.15, 0.2) is 0 Å². The second-order valence-corrected chi connectivity index (χ2v) is 5.68. The van der Waals surface area contributed by atoms with Gasteiger partial charge in [0.1, 0.15) is 0 Å². The summed E-state index contributed by atoms with van der Waals surface area (Å²) in [6.07, 6.45) is 3.47. The number of halogens is 1. The summed E-state index contributed by atoms with van der Waals surface area (Å²) in [5.41, 5.74) is 2.74. The Kier molecular flexibility index (Phi) is 2.68. The zero-order valence-corrected chi connectivity index (χ0v) is 11.4. The molecule has 2 N–H and O–H groups in total. The highest BCUT2D eigenvalue weighted by atomic mass is 79.9.